The van der Waals surface area contributed by atoms with Crippen LogP contribution in [0.1, 0.15) is 44.9 Å². The van der Waals surface area contributed by atoms with Crippen molar-refractivity contribution < 1.29 is 4.52 Å². The molecule has 0 aliphatic carbocycles. The number of nitrogens with zero attached hydrogens (tertiary/aromatic N) is 3. The third kappa shape index (κ3) is 2.23. The van der Waals surface area contributed by atoms with E-state index in [4.69, 9.17) is 4.52 Å². The first-order valence-electron chi connectivity index (χ1n) is 7.09. The van der Waals surface area contributed by atoms with Crippen LogP contribution in [0.2, 0.25) is 0 Å². The van der Waals surface area contributed by atoms with E-state index in [0.29, 0.717) is 24.1 Å². The molecule has 2 aliphatic rings. The first-order valence-corrected chi connectivity index (χ1v) is 7.09. The Balaban J connectivity index is 1.77. The van der Waals surface area contributed by atoms with Crippen LogP contribution in [0.25, 0.3) is 0 Å². The van der Waals surface area contributed by atoms with Gasteiger partial charge >= 0.3 is 6.01 Å². The number of nitrogens with one attached hydrogen (secondary N) is 1. The second-order valence-electron chi connectivity index (χ2n) is 5.58. The van der Waals surface area contributed by atoms with Gasteiger partial charge in [0.2, 0.25) is 0 Å². The van der Waals surface area contributed by atoms with Gasteiger partial charge in [0.05, 0.1) is 0 Å². The Morgan fingerprint density at radius 1 is 1.33 bits per heavy atom. The van der Waals surface area contributed by atoms with Gasteiger partial charge in [-0.2, -0.15) is 4.98 Å². The number of anilines is 1. The third-order valence-corrected chi connectivity index (χ3v) is 4.12. The molecule has 0 spiro atoms. The van der Waals surface area contributed by atoms with E-state index in [-0.39, 0.29) is 0 Å². The maximum atomic E-state index is 5.37. The van der Waals surface area contributed by atoms with Crippen molar-refractivity contribution in [2.45, 2.75) is 64.1 Å². The summed E-state index contributed by atoms with van der Waals surface area (Å²) in [5.74, 6) is 0.725. The van der Waals surface area contributed by atoms with E-state index >= 15 is 0 Å². The summed E-state index contributed by atoms with van der Waals surface area (Å²) >= 11 is 0. The highest BCUT2D eigenvalue weighted by molar-refractivity contribution is 5.28. The fourth-order valence-corrected chi connectivity index (χ4v) is 3.36. The average molecular weight is 250 g/mol. The van der Waals surface area contributed by atoms with E-state index in [9.17, 15) is 0 Å². The zero-order valence-electron chi connectivity index (χ0n) is 11.2. The molecule has 1 N–H and O–H groups in total. The van der Waals surface area contributed by atoms with Crippen molar-refractivity contribution in [3.05, 3.63) is 5.82 Å². The zero-order valence-corrected chi connectivity index (χ0v) is 11.2. The summed E-state index contributed by atoms with van der Waals surface area (Å²) in [7, 11) is 0. The van der Waals surface area contributed by atoms with E-state index in [2.05, 4.69) is 27.3 Å². The summed E-state index contributed by atoms with van der Waals surface area (Å²) < 4.78 is 5.37. The van der Waals surface area contributed by atoms with E-state index in [1.54, 1.807) is 0 Å². The monoisotopic (exact) mass is 250 g/mol. The number of fused-ring (bicyclic) bond motifs is 2. The number of aryl methyl sites for hydroxylation is 1. The molecule has 3 heterocycles. The lowest BCUT2D eigenvalue weighted by Crippen LogP contribution is -2.48. The Morgan fingerprint density at radius 3 is 2.61 bits per heavy atom. The standard InChI is InChI=1S/C13H22N4O/c1-3-6-17(13-14-9(2)16-18-13)12-7-10-4-5-11(8-12)15-10/h10-12,15H,3-8H2,1-2H3. The predicted molar refractivity (Wildman–Crippen MR) is 69.6 cm³/mol. The smallest absolute Gasteiger partial charge is 0.321 e. The molecule has 0 amide bonds. The fraction of sp³-hybridized carbons (Fsp3) is 0.846. The number of rotatable bonds is 4. The molecule has 100 valence electrons. The molecule has 2 unspecified atom stereocenters. The van der Waals surface area contributed by atoms with Crippen LogP contribution < -0.4 is 10.2 Å². The summed E-state index contributed by atoms with van der Waals surface area (Å²) in [6, 6.07) is 2.65. The Labute approximate surface area is 108 Å². The zero-order chi connectivity index (χ0) is 12.5. The minimum atomic E-state index is 0.559. The molecule has 3 rings (SSSR count). The number of hydrogen-bond donors (Lipinski definition) is 1. The van der Waals surface area contributed by atoms with Gasteiger partial charge in [0.15, 0.2) is 5.82 Å². The van der Waals surface area contributed by atoms with E-state index < -0.39 is 0 Å². The van der Waals surface area contributed by atoms with Crippen LogP contribution in [0.15, 0.2) is 4.52 Å². The largest absolute Gasteiger partial charge is 0.324 e. The quantitative estimate of drug-likeness (QED) is 0.884. The average Bonchev–Trinajstić information content (AvgIpc) is 2.92. The molecule has 1 aromatic heterocycles. The Kier molecular flexibility index (Phi) is 3.24. The van der Waals surface area contributed by atoms with Crippen molar-refractivity contribution in [2.75, 3.05) is 11.4 Å². The Morgan fingerprint density at radius 2 is 2.06 bits per heavy atom. The lowest BCUT2D eigenvalue weighted by Gasteiger charge is -2.36. The normalized spacial score (nSPS) is 30.7. The maximum Gasteiger partial charge on any atom is 0.324 e. The summed E-state index contributed by atoms with van der Waals surface area (Å²) in [6.45, 7) is 5.08. The highest BCUT2D eigenvalue weighted by atomic mass is 16.5. The van der Waals surface area contributed by atoms with Crippen molar-refractivity contribution in [3.8, 4) is 0 Å². The molecule has 0 radical (unpaired) electrons. The second kappa shape index (κ2) is 4.88. The summed E-state index contributed by atoms with van der Waals surface area (Å²) in [5, 5.41) is 7.61. The highest BCUT2D eigenvalue weighted by Crippen LogP contribution is 2.31. The van der Waals surface area contributed by atoms with Gasteiger partial charge in [-0.05, 0) is 39.0 Å². The first-order chi connectivity index (χ1) is 8.76. The molecule has 2 saturated heterocycles. The van der Waals surface area contributed by atoms with Gasteiger partial charge < -0.3 is 14.7 Å². The predicted octanol–water partition coefficient (Wildman–Crippen LogP) is 1.88. The van der Waals surface area contributed by atoms with E-state index in [1.165, 1.54) is 25.7 Å². The molecule has 2 bridgehead atoms. The summed E-state index contributed by atoms with van der Waals surface area (Å²) in [6.07, 6.45) is 6.17. The van der Waals surface area contributed by atoms with Crippen LogP contribution in [0.3, 0.4) is 0 Å². The molecule has 5 nitrogen and oxygen atoms in total. The van der Waals surface area contributed by atoms with Crippen LogP contribution in [-0.4, -0.2) is 34.8 Å². The van der Waals surface area contributed by atoms with E-state index in [1.807, 2.05) is 6.92 Å². The molecule has 5 heteroatoms. The van der Waals surface area contributed by atoms with Gasteiger partial charge in [0, 0.05) is 24.7 Å². The van der Waals surface area contributed by atoms with Crippen LogP contribution >= 0.6 is 0 Å². The molecular formula is C13H22N4O. The maximum absolute atomic E-state index is 5.37. The van der Waals surface area contributed by atoms with Gasteiger partial charge in [-0.25, -0.2) is 0 Å². The van der Waals surface area contributed by atoms with E-state index in [0.717, 1.165) is 18.8 Å². The van der Waals surface area contributed by atoms with Gasteiger partial charge in [-0.3, -0.25) is 0 Å². The SMILES string of the molecule is CCCN(c1nc(C)no1)C1CC2CCC(C1)N2. The fourth-order valence-electron chi connectivity index (χ4n) is 3.36. The molecule has 2 aliphatic heterocycles. The minimum Gasteiger partial charge on any atom is -0.321 e. The first kappa shape index (κ1) is 12.0. The Hall–Kier alpha value is -1.10. The number of piperidine rings is 1. The molecular weight excluding hydrogens is 228 g/mol. The molecule has 0 aromatic carbocycles. The molecule has 1 aromatic rings. The molecule has 2 fully saturated rings. The van der Waals surface area contributed by atoms with Crippen LogP contribution in [0, 0.1) is 6.92 Å². The van der Waals surface area contributed by atoms with Crippen molar-refractivity contribution in [3.63, 3.8) is 0 Å². The van der Waals surface area contributed by atoms with Gasteiger partial charge in [0.25, 0.3) is 0 Å². The van der Waals surface area contributed by atoms with Crippen molar-refractivity contribution in [1.82, 2.24) is 15.5 Å². The molecule has 18 heavy (non-hydrogen) atoms. The van der Waals surface area contributed by atoms with Crippen molar-refractivity contribution in [2.24, 2.45) is 0 Å². The summed E-state index contributed by atoms with van der Waals surface area (Å²) in [5.41, 5.74) is 0. The highest BCUT2D eigenvalue weighted by Gasteiger charge is 2.37. The summed E-state index contributed by atoms with van der Waals surface area (Å²) in [4.78, 5) is 6.73. The second-order valence-corrected chi connectivity index (χ2v) is 5.58. The van der Waals surface area contributed by atoms with Crippen molar-refractivity contribution >= 4 is 6.01 Å². The lowest BCUT2D eigenvalue weighted by molar-refractivity contribution is 0.323. The molecule has 2 atom stereocenters. The van der Waals surface area contributed by atoms with Crippen LogP contribution in [0.4, 0.5) is 6.01 Å². The van der Waals surface area contributed by atoms with Crippen molar-refractivity contribution in [1.29, 1.82) is 0 Å². The number of aromatic nitrogens is 2. The third-order valence-electron chi connectivity index (χ3n) is 4.12. The minimum absolute atomic E-state index is 0.559. The molecule has 0 saturated carbocycles. The number of hydrogen-bond acceptors (Lipinski definition) is 5. The van der Waals surface area contributed by atoms with Gasteiger partial charge in [0.1, 0.15) is 0 Å². The van der Waals surface area contributed by atoms with Gasteiger partial charge in [-0.1, -0.05) is 12.1 Å². The Bertz CT molecular complexity index is 393. The topological polar surface area (TPSA) is 54.2 Å². The van der Waals surface area contributed by atoms with Gasteiger partial charge in [-0.15, -0.1) is 0 Å². The van der Waals surface area contributed by atoms with Crippen LogP contribution in [0.5, 0.6) is 0 Å². The van der Waals surface area contributed by atoms with Crippen LogP contribution in [-0.2, 0) is 0 Å². The lowest BCUT2D eigenvalue weighted by atomic mass is 9.98.